The lowest BCUT2D eigenvalue weighted by Gasteiger charge is -2.44. The molecule has 1 aliphatic heterocycles. The molecular weight excluding hydrogens is 466 g/mol. The molecule has 0 aromatic heterocycles. The lowest BCUT2D eigenvalue weighted by molar-refractivity contribution is -0.219. The Kier molecular flexibility index (Phi) is 10.1. The van der Waals surface area contributed by atoms with Crippen molar-refractivity contribution in [1.82, 2.24) is 0 Å². The first-order chi connectivity index (χ1) is 18.3. The summed E-state index contributed by atoms with van der Waals surface area (Å²) < 4.78 is 25.3. The Hall–Kier alpha value is -3.67. The first-order valence-electron chi connectivity index (χ1n) is 12.3. The number of ether oxygens (including phenoxy) is 4. The van der Waals surface area contributed by atoms with Gasteiger partial charge >= 0.3 is 0 Å². The first kappa shape index (κ1) is 26.4. The van der Waals surface area contributed by atoms with Crippen LogP contribution in [0.25, 0.3) is 10.4 Å². The fourth-order valence-corrected chi connectivity index (χ4v) is 4.33. The number of hydrogen-bond donors (Lipinski definition) is 0. The highest BCUT2D eigenvalue weighted by molar-refractivity contribution is 5.16. The monoisotopic (exact) mass is 497 g/mol. The summed E-state index contributed by atoms with van der Waals surface area (Å²) in [5, 5.41) is 4.06. The molecule has 0 spiro atoms. The summed E-state index contributed by atoms with van der Waals surface area (Å²) in [5.74, 6) is 0. The average molecular weight is 498 g/mol. The molecule has 0 unspecified atom stereocenters. The highest BCUT2D eigenvalue weighted by atomic mass is 16.6. The molecule has 0 amide bonds. The van der Waals surface area contributed by atoms with Crippen molar-refractivity contribution in [1.29, 1.82) is 0 Å². The molecule has 0 saturated carbocycles. The van der Waals surface area contributed by atoms with Gasteiger partial charge in [0.25, 0.3) is 0 Å². The van der Waals surface area contributed by atoms with Crippen molar-refractivity contribution in [3.63, 3.8) is 0 Å². The van der Waals surface area contributed by atoms with Gasteiger partial charge in [0.15, 0.2) is 0 Å². The number of rotatable bonds is 12. The van der Waals surface area contributed by atoms with Gasteiger partial charge in [-0.15, -0.1) is 5.73 Å². The zero-order chi connectivity index (χ0) is 25.7. The molecule has 4 rings (SSSR count). The second-order valence-electron chi connectivity index (χ2n) is 8.73. The van der Waals surface area contributed by atoms with Crippen LogP contribution in [0.1, 0.15) is 16.7 Å². The van der Waals surface area contributed by atoms with E-state index in [2.05, 4.69) is 22.3 Å². The highest BCUT2D eigenvalue weighted by Crippen LogP contribution is 2.31. The van der Waals surface area contributed by atoms with E-state index in [4.69, 9.17) is 18.9 Å². The second-order valence-corrected chi connectivity index (χ2v) is 8.73. The van der Waals surface area contributed by atoms with E-state index >= 15 is 0 Å². The average Bonchev–Trinajstić information content (AvgIpc) is 2.94. The second kappa shape index (κ2) is 14.2. The van der Waals surface area contributed by atoms with E-state index in [1.165, 1.54) is 0 Å². The fraction of sp³-hybridized carbons (Fsp3) is 0.300. The summed E-state index contributed by atoms with van der Waals surface area (Å²) in [5.41, 5.74) is 15.2. The molecule has 37 heavy (non-hydrogen) atoms. The summed E-state index contributed by atoms with van der Waals surface area (Å²) in [6.45, 7) is 5.07. The van der Waals surface area contributed by atoms with E-state index in [1.54, 1.807) is 6.08 Å². The molecule has 3 aromatic carbocycles. The maximum atomic E-state index is 9.37. The SMILES string of the molecule is C=C=C[C@H]1O[C@H](COCc2ccccc2)[C@@H](OCc2ccccc2)[C@H](OCc2ccccc2)[C@@H]1N=[N+]=[N-]. The number of hydrogen-bond acceptors (Lipinski definition) is 5. The molecule has 1 saturated heterocycles. The Morgan fingerprint density at radius 2 is 1.32 bits per heavy atom. The molecule has 1 fully saturated rings. The van der Waals surface area contributed by atoms with Crippen LogP contribution in [0.4, 0.5) is 0 Å². The van der Waals surface area contributed by atoms with Gasteiger partial charge in [-0.2, -0.15) is 0 Å². The number of azide groups is 1. The molecule has 1 heterocycles. The minimum Gasteiger partial charge on any atom is -0.374 e. The van der Waals surface area contributed by atoms with E-state index in [9.17, 15) is 5.53 Å². The minimum atomic E-state index is -0.672. The van der Waals surface area contributed by atoms with Crippen LogP contribution in [-0.2, 0) is 38.8 Å². The van der Waals surface area contributed by atoms with E-state index in [1.807, 2.05) is 91.0 Å². The summed E-state index contributed by atoms with van der Waals surface area (Å²) in [6, 6.07) is 29.0. The third-order valence-electron chi connectivity index (χ3n) is 6.13. The molecule has 5 atom stereocenters. The zero-order valence-electron chi connectivity index (χ0n) is 20.6. The number of nitrogens with zero attached hydrogens (tertiary/aromatic N) is 3. The maximum Gasteiger partial charge on any atom is 0.113 e. The molecule has 7 nitrogen and oxygen atoms in total. The van der Waals surface area contributed by atoms with Gasteiger partial charge in [0, 0.05) is 4.91 Å². The lowest BCUT2D eigenvalue weighted by Crippen LogP contribution is -2.59. The van der Waals surface area contributed by atoms with Crippen LogP contribution in [0.3, 0.4) is 0 Å². The molecule has 3 aromatic rings. The Morgan fingerprint density at radius 3 is 1.84 bits per heavy atom. The van der Waals surface area contributed by atoms with Gasteiger partial charge in [-0.1, -0.05) is 103 Å². The van der Waals surface area contributed by atoms with Crippen molar-refractivity contribution in [2.24, 2.45) is 5.11 Å². The first-order valence-corrected chi connectivity index (χ1v) is 12.3. The van der Waals surface area contributed by atoms with Crippen LogP contribution in [0.15, 0.2) is 114 Å². The predicted molar refractivity (Wildman–Crippen MR) is 141 cm³/mol. The Balaban J connectivity index is 1.58. The van der Waals surface area contributed by atoms with Crippen molar-refractivity contribution in [3.8, 4) is 0 Å². The predicted octanol–water partition coefficient (Wildman–Crippen LogP) is 6.16. The normalized spacial score (nSPS) is 23.0. The third-order valence-corrected chi connectivity index (χ3v) is 6.13. The summed E-state index contributed by atoms with van der Waals surface area (Å²) in [7, 11) is 0. The Labute approximate surface area is 217 Å². The topological polar surface area (TPSA) is 85.7 Å². The van der Waals surface area contributed by atoms with Gasteiger partial charge in [0.2, 0.25) is 0 Å². The summed E-state index contributed by atoms with van der Waals surface area (Å²) >= 11 is 0. The molecule has 0 bridgehead atoms. The van der Waals surface area contributed by atoms with Gasteiger partial charge in [0.05, 0.1) is 44.7 Å². The van der Waals surface area contributed by atoms with Crippen molar-refractivity contribution < 1.29 is 18.9 Å². The van der Waals surface area contributed by atoms with Crippen LogP contribution in [0.2, 0.25) is 0 Å². The smallest absolute Gasteiger partial charge is 0.113 e. The highest BCUT2D eigenvalue weighted by Gasteiger charge is 2.46. The molecule has 0 aliphatic carbocycles. The van der Waals surface area contributed by atoms with Crippen LogP contribution < -0.4 is 0 Å². The number of benzene rings is 3. The Morgan fingerprint density at radius 1 is 0.811 bits per heavy atom. The van der Waals surface area contributed by atoms with Gasteiger partial charge in [-0.05, 0) is 28.3 Å². The quantitative estimate of drug-likeness (QED) is 0.130. The molecule has 0 N–H and O–H groups in total. The maximum absolute atomic E-state index is 9.37. The Bertz CT molecular complexity index is 1180. The van der Waals surface area contributed by atoms with Crippen molar-refractivity contribution in [3.05, 3.63) is 137 Å². The van der Waals surface area contributed by atoms with Crippen LogP contribution in [0.5, 0.6) is 0 Å². The van der Waals surface area contributed by atoms with E-state index in [-0.39, 0.29) is 6.61 Å². The van der Waals surface area contributed by atoms with E-state index < -0.39 is 30.5 Å². The minimum absolute atomic E-state index is 0.268. The van der Waals surface area contributed by atoms with Gasteiger partial charge in [0.1, 0.15) is 12.2 Å². The summed E-state index contributed by atoms with van der Waals surface area (Å²) in [6.07, 6.45) is -0.544. The molecule has 0 radical (unpaired) electrons. The molecular formula is C30H31N3O4. The lowest BCUT2D eigenvalue weighted by atomic mass is 9.92. The molecule has 1 aliphatic rings. The van der Waals surface area contributed by atoms with Crippen molar-refractivity contribution in [2.75, 3.05) is 6.61 Å². The van der Waals surface area contributed by atoms with Crippen LogP contribution in [0, 0.1) is 0 Å². The molecule has 7 heteroatoms. The summed E-state index contributed by atoms with van der Waals surface area (Å²) in [4.78, 5) is 3.09. The van der Waals surface area contributed by atoms with E-state index in [0.29, 0.717) is 19.8 Å². The van der Waals surface area contributed by atoms with Crippen LogP contribution in [-0.4, -0.2) is 37.1 Å². The largest absolute Gasteiger partial charge is 0.374 e. The van der Waals surface area contributed by atoms with Crippen molar-refractivity contribution in [2.45, 2.75) is 50.3 Å². The molecule has 190 valence electrons. The van der Waals surface area contributed by atoms with E-state index in [0.717, 1.165) is 16.7 Å². The van der Waals surface area contributed by atoms with Gasteiger partial charge < -0.3 is 18.9 Å². The van der Waals surface area contributed by atoms with Gasteiger partial charge in [-0.3, -0.25) is 0 Å². The van der Waals surface area contributed by atoms with Crippen LogP contribution >= 0.6 is 0 Å². The van der Waals surface area contributed by atoms with Crippen molar-refractivity contribution >= 4 is 0 Å². The standard InChI is InChI=1S/C30H31N3O4/c1-2-12-26-28(32-33-31)30(36-21-25-17-10-5-11-18-25)29(35-20-24-15-8-4-9-16-24)27(37-26)22-34-19-23-13-6-3-7-14-23/h3-18,26-30H,1,19-22H2/t26-,27-,28-,29-,30-/m1/s1. The zero-order valence-corrected chi connectivity index (χ0v) is 20.6. The third kappa shape index (κ3) is 7.66. The fourth-order valence-electron chi connectivity index (χ4n) is 4.33. The van der Waals surface area contributed by atoms with Gasteiger partial charge in [-0.25, -0.2) is 0 Å².